The molecule has 3 rings (SSSR count). The summed E-state index contributed by atoms with van der Waals surface area (Å²) in [5.74, 6) is 0.0757. The van der Waals surface area contributed by atoms with E-state index in [0.717, 1.165) is 43.3 Å². The second-order valence-electron chi connectivity index (χ2n) is 7.28. The second kappa shape index (κ2) is 9.33. The lowest BCUT2D eigenvalue weighted by molar-refractivity contribution is 0.0797. The van der Waals surface area contributed by atoms with Gasteiger partial charge in [-0.05, 0) is 32.0 Å². The SMILES string of the molecule is CCCN1CCN(c2ncc(CCN(C)C(=O)c3ccc(C)cc3)s2)CC1. The van der Waals surface area contributed by atoms with Crippen molar-refractivity contribution in [2.24, 2.45) is 0 Å². The van der Waals surface area contributed by atoms with Crippen LogP contribution in [-0.2, 0) is 6.42 Å². The Balaban J connectivity index is 1.49. The molecule has 1 amide bonds. The topological polar surface area (TPSA) is 39.7 Å². The average Bonchev–Trinajstić information content (AvgIpc) is 3.16. The third-order valence-electron chi connectivity index (χ3n) is 5.06. The quantitative estimate of drug-likeness (QED) is 0.732. The van der Waals surface area contributed by atoms with Crippen LogP contribution in [0.5, 0.6) is 0 Å². The van der Waals surface area contributed by atoms with E-state index in [-0.39, 0.29) is 5.91 Å². The Kier molecular flexibility index (Phi) is 6.85. The number of hydrogen-bond donors (Lipinski definition) is 0. The molecule has 0 radical (unpaired) electrons. The molecular weight excluding hydrogens is 356 g/mol. The summed E-state index contributed by atoms with van der Waals surface area (Å²) in [5, 5.41) is 1.12. The molecule has 1 aliphatic heterocycles. The summed E-state index contributed by atoms with van der Waals surface area (Å²) in [6, 6.07) is 7.77. The van der Waals surface area contributed by atoms with Crippen molar-refractivity contribution in [1.82, 2.24) is 14.8 Å². The Morgan fingerprint density at radius 3 is 2.56 bits per heavy atom. The van der Waals surface area contributed by atoms with Crippen molar-refractivity contribution in [2.45, 2.75) is 26.7 Å². The first-order valence-electron chi connectivity index (χ1n) is 9.81. The molecule has 1 saturated heterocycles. The van der Waals surface area contributed by atoms with Gasteiger partial charge in [-0.25, -0.2) is 4.98 Å². The van der Waals surface area contributed by atoms with Gasteiger partial charge in [0, 0.05) is 62.8 Å². The van der Waals surface area contributed by atoms with Gasteiger partial charge < -0.3 is 9.80 Å². The van der Waals surface area contributed by atoms with E-state index in [4.69, 9.17) is 0 Å². The smallest absolute Gasteiger partial charge is 0.253 e. The minimum atomic E-state index is 0.0757. The molecule has 0 bridgehead atoms. The van der Waals surface area contributed by atoms with E-state index in [0.29, 0.717) is 6.54 Å². The number of thiazole rings is 1. The van der Waals surface area contributed by atoms with Gasteiger partial charge in [-0.15, -0.1) is 11.3 Å². The molecule has 1 fully saturated rings. The normalized spacial score (nSPS) is 15.1. The van der Waals surface area contributed by atoms with Crippen molar-refractivity contribution in [1.29, 1.82) is 0 Å². The van der Waals surface area contributed by atoms with Crippen LogP contribution in [0.2, 0.25) is 0 Å². The summed E-state index contributed by atoms with van der Waals surface area (Å²) in [6.07, 6.45) is 4.04. The lowest BCUT2D eigenvalue weighted by atomic mass is 10.1. The maximum atomic E-state index is 12.5. The molecule has 0 atom stereocenters. The maximum absolute atomic E-state index is 12.5. The van der Waals surface area contributed by atoms with Crippen LogP contribution >= 0.6 is 11.3 Å². The van der Waals surface area contributed by atoms with Gasteiger partial charge in [-0.1, -0.05) is 24.6 Å². The number of aryl methyl sites for hydroxylation is 1. The first-order valence-corrected chi connectivity index (χ1v) is 10.6. The summed E-state index contributed by atoms with van der Waals surface area (Å²) < 4.78 is 0. The van der Waals surface area contributed by atoms with Crippen molar-refractivity contribution in [3.05, 3.63) is 46.5 Å². The summed E-state index contributed by atoms with van der Waals surface area (Å²) in [4.78, 5) is 25.1. The number of carbonyl (C=O) groups excluding carboxylic acids is 1. The maximum Gasteiger partial charge on any atom is 0.253 e. The Hall–Kier alpha value is -1.92. The van der Waals surface area contributed by atoms with Crippen LogP contribution in [0.25, 0.3) is 0 Å². The Morgan fingerprint density at radius 1 is 1.19 bits per heavy atom. The van der Waals surface area contributed by atoms with Gasteiger partial charge in [0.05, 0.1) is 0 Å². The van der Waals surface area contributed by atoms with Crippen LogP contribution in [0.1, 0.15) is 34.1 Å². The fourth-order valence-corrected chi connectivity index (χ4v) is 4.28. The monoisotopic (exact) mass is 386 g/mol. The Bertz CT molecular complexity index is 735. The van der Waals surface area contributed by atoms with Gasteiger partial charge in [0.2, 0.25) is 0 Å². The highest BCUT2D eigenvalue weighted by Gasteiger charge is 2.19. The molecule has 27 heavy (non-hydrogen) atoms. The van der Waals surface area contributed by atoms with Crippen LogP contribution in [0.15, 0.2) is 30.5 Å². The molecule has 0 aliphatic carbocycles. The molecule has 0 N–H and O–H groups in total. The number of likely N-dealkylation sites (N-methyl/N-ethyl adjacent to an activating group) is 1. The highest BCUT2D eigenvalue weighted by atomic mass is 32.1. The van der Waals surface area contributed by atoms with E-state index in [1.807, 2.05) is 44.4 Å². The van der Waals surface area contributed by atoms with Crippen LogP contribution in [0.4, 0.5) is 5.13 Å². The minimum Gasteiger partial charge on any atom is -0.346 e. The van der Waals surface area contributed by atoms with E-state index < -0.39 is 0 Å². The van der Waals surface area contributed by atoms with E-state index in [9.17, 15) is 4.79 Å². The standard InChI is InChI=1S/C21H30N4OS/c1-4-10-24-12-14-25(15-13-24)21-22-16-19(27-21)9-11-23(3)20(26)18-7-5-17(2)6-8-18/h5-8,16H,4,9-15H2,1-3H3. The molecule has 2 aromatic rings. The number of anilines is 1. The highest BCUT2D eigenvalue weighted by molar-refractivity contribution is 7.15. The van der Waals surface area contributed by atoms with Gasteiger partial charge in [-0.2, -0.15) is 0 Å². The lowest BCUT2D eigenvalue weighted by Gasteiger charge is -2.34. The second-order valence-corrected chi connectivity index (χ2v) is 8.37. The van der Waals surface area contributed by atoms with Gasteiger partial charge in [0.25, 0.3) is 5.91 Å². The molecular formula is C21H30N4OS. The first kappa shape index (κ1) is 19.8. The van der Waals surface area contributed by atoms with Crippen molar-refractivity contribution in [3.8, 4) is 0 Å². The zero-order valence-electron chi connectivity index (χ0n) is 16.6. The molecule has 146 valence electrons. The fraction of sp³-hybridized carbons (Fsp3) is 0.524. The Labute approximate surface area is 166 Å². The van der Waals surface area contributed by atoms with Crippen LogP contribution < -0.4 is 4.90 Å². The van der Waals surface area contributed by atoms with Crippen LogP contribution in [-0.4, -0.2) is 67.0 Å². The number of hydrogen-bond acceptors (Lipinski definition) is 5. The molecule has 6 heteroatoms. The number of piperazine rings is 1. The number of benzene rings is 1. The highest BCUT2D eigenvalue weighted by Crippen LogP contribution is 2.24. The number of carbonyl (C=O) groups is 1. The number of amides is 1. The average molecular weight is 387 g/mol. The van der Waals surface area contributed by atoms with Gasteiger partial charge in [0.1, 0.15) is 0 Å². The number of rotatable bonds is 7. The summed E-state index contributed by atoms with van der Waals surface area (Å²) in [7, 11) is 1.87. The molecule has 0 saturated carbocycles. The zero-order chi connectivity index (χ0) is 19.2. The molecule has 1 aromatic carbocycles. The molecule has 5 nitrogen and oxygen atoms in total. The molecule has 0 spiro atoms. The van der Waals surface area contributed by atoms with Crippen molar-refractivity contribution < 1.29 is 4.79 Å². The number of aromatic nitrogens is 1. The van der Waals surface area contributed by atoms with Crippen LogP contribution in [0, 0.1) is 6.92 Å². The predicted molar refractivity (Wildman–Crippen MR) is 113 cm³/mol. The van der Waals surface area contributed by atoms with E-state index in [1.165, 1.54) is 23.4 Å². The zero-order valence-corrected chi connectivity index (χ0v) is 17.5. The molecule has 0 unspecified atom stereocenters. The number of nitrogens with zero attached hydrogens (tertiary/aromatic N) is 4. The summed E-state index contributed by atoms with van der Waals surface area (Å²) in [6.45, 7) is 10.5. The largest absolute Gasteiger partial charge is 0.346 e. The van der Waals surface area contributed by atoms with E-state index >= 15 is 0 Å². The first-order chi connectivity index (χ1) is 13.1. The minimum absolute atomic E-state index is 0.0757. The van der Waals surface area contributed by atoms with Gasteiger partial charge in [0.15, 0.2) is 5.13 Å². The van der Waals surface area contributed by atoms with Crippen molar-refractivity contribution in [3.63, 3.8) is 0 Å². The summed E-state index contributed by atoms with van der Waals surface area (Å²) in [5.41, 5.74) is 1.92. The molecule has 1 aromatic heterocycles. The molecule has 2 heterocycles. The summed E-state index contributed by atoms with van der Waals surface area (Å²) >= 11 is 1.76. The van der Waals surface area contributed by atoms with E-state index in [1.54, 1.807) is 16.2 Å². The lowest BCUT2D eigenvalue weighted by Crippen LogP contribution is -2.46. The van der Waals surface area contributed by atoms with Gasteiger partial charge in [-0.3, -0.25) is 9.69 Å². The Morgan fingerprint density at radius 2 is 1.89 bits per heavy atom. The molecule has 1 aliphatic rings. The van der Waals surface area contributed by atoms with Crippen LogP contribution in [0.3, 0.4) is 0 Å². The van der Waals surface area contributed by atoms with Crippen molar-refractivity contribution >= 4 is 22.4 Å². The predicted octanol–water partition coefficient (Wildman–Crippen LogP) is 3.30. The third kappa shape index (κ3) is 5.30. The van der Waals surface area contributed by atoms with Gasteiger partial charge >= 0.3 is 0 Å². The third-order valence-corrected chi connectivity index (χ3v) is 6.18. The fourth-order valence-electron chi connectivity index (χ4n) is 3.33. The van der Waals surface area contributed by atoms with E-state index in [2.05, 4.69) is 21.7 Å². The van der Waals surface area contributed by atoms with Crippen molar-refractivity contribution in [2.75, 3.05) is 51.2 Å².